The number of rotatable bonds is 4. The SMILES string of the molecule is CC1=C(n2c3ccccc3c3ccc4c5c(nc(-c6ccccc6)n5-c5ccccc5)n(-c5ccccc5)c4c32)CCC=C1. The van der Waals surface area contributed by atoms with Crippen molar-refractivity contribution in [2.45, 2.75) is 19.8 Å². The van der Waals surface area contributed by atoms with E-state index in [1.165, 1.54) is 44.0 Å². The number of hydrogen-bond acceptors (Lipinski definition) is 1. The lowest BCUT2D eigenvalue weighted by atomic mass is 10.0. The molecular formula is C40H30N4. The quantitative estimate of drug-likeness (QED) is 0.208. The summed E-state index contributed by atoms with van der Waals surface area (Å²) in [4.78, 5) is 5.48. The van der Waals surface area contributed by atoms with E-state index in [1.807, 2.05) is 0 Å². The molecule has 1 aliphatic rings. The van der Waals surface area contributed by atoms with Crippen molar-refractivity contribution < 1.29 is 0 Å². The molecule has 0 bridgehead atoms. The lowest BCUT2D eigenvalue weighted by molar-refractivity contribution is 0.961. The highest BCUT2D eigenvalue weighted by molar-refractivity contribution is 6.23. The van der Waals surface area contributed by atoms with Gasteiger partial charge in [0.25, 0.3) is 0 Å². The first kappa shape index (κ1) is 24.9. The summed E-state index contributed by atoms with van der Waals surface area (Å²) in [6.07, 6.45) is 6.62. The fourth-order valence-electron chi connectivity index (χ4n) is 7.15. The van der Waals surface area contributed by atoms with Gasteiger partial charge in [-0.2, -0.15) is 0 Å². The van der Waals surface area contributed by atoms with Gasteiger partial charge in [0.15, 0.2) is 5.65 Å². The van der Waals surface area contributed by atoms with Gasteiger partial charge >= 0.3 is 0 Å². The highest BCUT2D eigenvalue weighted by Crippen LogP contribution is 2.44. The molecule has 0 N–H and O–H groups in total. The number of aromatic nitrogens is 4. The van der Waals surface area contributed by atoms with E-state index in [-0.39, 0.29) is 0 Å². The van der Waals surface area contributed by atoms with E-state index in [0.29, 0.717) is 0 Å². The summed E-state index contributed by atoms with van der Waals surface area (Å²) in [7, 11) is 0. The van der Waals surface area contributed by atoms with Crippen molar-refractivity contribution in [1.82, 2.24) is 18.7 Å². The molecule has 210 valence electrons. The third-order valence-corrected chi connectivity index (χ3v) is 9.06. The molecular weight excluding hydrogens is 536 g/mol. The van der Waals surface area contributed by atoms with Crippen molar-refractivity contribution in [1.29, 1.82) is 0 Å². The third kappa shape index (κ3) is 3.54. The second kappa shape index (κ2) is 9.72. The molecule has 3 aromatic heterocycles. The van der Waals surface area contributed by atoms with E-state index in [1.54, 1.807) is 0 Å². The minimum atomic E-state index is 0.935. The Morgan fingerprint density at radius 1 is 0.545 bits per heavy atom. The van der Waals surface area contributed by atoms with Crippen LogP contribution in [0.15, 0.2) is 145 Å². The molecule has 8 aromatic rings. The van der Waals surface area contributed by atoms with Crippen LogP contribution < -0.4 is 0 Å². The Hall–Kier alpha value is -5.61. The Morgan fingerprint density at radius 3 is 1.89 bits per heavy atom. The zero-order valence-corrected chi connectivity index (χ0v) is 24.5. The van der Waals surface area contributed by atoms with Crippen LogP contribution in [0.25, 0.3) is 72.3 Å². The first-order valence-corrected chi connectivity index (χ1v) is 15.3. The van der Waals surface area contributed by atoms with Crippen LogP contribution in [-0.2, 0) is 0 Å². The zero-order valence-electron chi connectivity index (χ0n) is 24.5. The largest absolute Gasteiger partial charge is 0.311 e. The lowest BCUT2D eigenvalue weighted by Gasteiger charge is -2.18. The Balaban J connectivity index is 1.54. The molecule has 0 fully saturated rings. The van der Waals surface area contributed by atoms with Crippen LogP contribution in [0.1, 0.15) is 19.8 Å². The summed E-state index contributed by atoms with van der Waals surface area (Å²) in [5.41, 5.74) is 11.7. The van der Waals surface area contributed by atoms with Gasteiger partial charge in [0.05, 0.1) is 16.6 Å². The summed E-state index contributed by atoms with van der Waals surface area (Å²) in [6.45, 7) is 2.25. The highest BCUT2D eigenvalue weighted by atomic mass is 15.2. The van der Waals surface area contributed by atoms with E-state index < -0.39 is 0 Å². The molecule has 0 amide bonds. The predicted molar refractivity (Wildman–Crippen MR) is 184 cm³/mol. The Bertz CT molecular complexity index is 2420. The molecule has 0 saturated heterocycles. The van der Waals surface area contributed by atoms with Gasteiger partial charge in [0, 0.05) is 38.8 Å². The van der Waals surface area contributed by atoms with E-state index in [2.05, 4.69) is 160 Å². The molecule has 0 saturated carbocycles. The minimum Gasteiger partial charge on any atom is -0.311 e. The van der Waals surface area contributed by atoms with Crippen LogP contribution >= 0.6 is 0 Å². The maximum absolute atomic E-state index is 5.48. The Morgan fingerprint density at radius 2 is 1.16 bits per heavy atom. The van der Waals surface area contributed by atoms with Gasteiger partial charge < -0.3 is 4.57 Å². The Labute approximate surface area is 255 Å². The summed E-state index contributed by atoms with van der Waals surface area (Å²) in [5.74, 6) is 0.935. The maximum Gasteiger partial charge on any atom is 0.165 e. The van der Waals surface area contributed by atoms with E-state index in [0.717, 1.165) is 46.8 Å². The molecule has 4 nitrogen and oxygen atoms in total. The van der Waals surface area contributed by atoms with Crippen LogP contribution in [0.5, 0.6) is 0 Å². The first-order valence-electron chi connectivity index (χ1n) is 15.3. The van der Waals surface area contributed by atoms with Crippen LogP contribution in [-0.4, -0.2) is 18.7 Å². The molecule has 0 radical (unpaired) electrons. The van der Waals surface area contributed by atoms with Crippen molar-refractivity contribution in [2.75, 3.05) is 0 Å². The van der Waals surface area contributed by atoms with Crippen molar-refractivity contribution in [3.63, 3.8) is 0 Å². The fourth-order valence-corrected chi connectivity index (χ4v) is 7.15. The third-order valence-electron chi connectivity index (χ3n) is 9.06. The second-order valence-corrected chi connectivity index (χ2v) is 11.6. The average molecular weight is 567 g/mol. The average Bonchev–Trinajstić information content (AvgIpc) is 3.73. The first-order chi connectivity index (χ1) is 21.8. The number of para-hydroxylation sites is 3. The van der Waals surface area contributed by atoms with Crippen molar-refractivity contribution in [3.05, 3.63) is 145 Å². The number of allylic oxidation sites excluding steroid dienone is 4. The van der Waals surface area contributed by atoms with Gasteiger partial charge in [-0.3, -0.25) is 9.13 Å². The predicted octanol–water partition coefficient (Wildman–Crippen LogP) is 10.3. The molecule has 1 aliphatic carbocycles. The molecule has 0 spiro atoms. The van der Waals surface area contributed by atoms with Crippen molar-refractivity contribution in [3.8, 4) is 22.8 Å². The lowest BCUT2D eigenvalue weighted by Crippen LogP contribution is -2.04. The van der Waals surface area contributed by atoms with Crippen LogP contribution in [0.3, 0.4) is 0 Å². The summed E-state index contributed by atoms with van der Waals surface area (Å²) in [5, 5.41) is 3.71. The van der Waals surface area contributed by atoms with Gasteiger partial charge in [-0.05, 0) is 61.7 Å². The number of fused-ring (bicyclic) bond motifs is 7. The van der Waals surface area contributed by atoms with E-state index in [4.69, 9.17) is 4.98 Å². The highest BCUT2D eigenvalue weighted by Gasteiger charge is 2.27. The van der Waals surface area contributed by atoms with Gasteiger partial charge in [-0.1, -0.05) is 103 Å². The number of hydrogen-bond donors (Lipinski definition) is 0. The van der Waals surface area contributed by atoms with Gasteiger partial charge in [-0.25, -0.2) is 4.98 Å². The van der Waals surface area contributed by atoms with Gasteiger partial charge in [0.2, 0.25) is 0 Å². The van der Waals surface area contributed by atoms with Crippen molar-refractivity contribution >= 4 is 49.6 Å². The maximum atomic E-state index is 5.48. The molecule has 5 aromatic carbocycles. The van der Waals surface area contributed by atoms with Gasteiger partial charge in [0.1, 0.15) is 11.3 Å². The fraction of sp³-hybridized carbons (Fsp3) is 0.0750. The number of benzene rings is 5. The second-order valence-electron chi connectivity index (χ2n) is 11.6. The molecule has 0 aliphatic heterocycles. The number of imidazole rings is 1. The molecule has 0 unspecified atom stereocenters. The number of nitrogens with zero attached hydrogens (tertiary/aromatic N) is 4. The summed E-state index contributed by atoms with van der Waals surface area (Å²) < 4.78 is 7.27. The van der Waals surface area contributed by atoms with Crippen LogP contribution in [0.2, 0.25) is 0 Å². The smallest absolute Gasteiger partial charge is 0.165 e. The topological polar surface area (TPSA) is 27.7 Å². The normalized spacial score (nSPS) is 13.7. The van der Waals surface area contributed by atoms with Gasteiger partial charge in [-0.15, -0.1) is 0 Å². The monoisotopic (exact) mass is 566 g/mol. The van der Waals surface area contributed by atoms with Crippen LogP contribution in [0, 0.1) is 0 Å². The van der Waals surface area contributed by atoms with E-state index in [9.17, 15) is 0 Å². The molecule has 0 atom stereocenters. The molecule has 9 rings (SSSR count). The summed E-state index contributed by atoms with van der Waals surface area (Å²) >= 11 is 0. The zero-order chi connectivity index (χ0) is 29.2. The molecule has 3 heterocycles. The molecule has 44 heavy (non-hydrogen) atoms. The van der Waals surface area contributed by atoms with Crippen molar-refractivity contribution in [2.24, 2.45) is 0 Å². The van der Waals surface area contributed by atoms with E-state index >= 15 is 0 Å². The standard InChI is InChI=1S/C40H30N4/c1-27-15-11-13-23-34(27)44-35-24-14-12-22-31(35)32-25-26-33-37(36(32)44)42(29-18-7-3-8-19-29)40-38(33)43(30-20-9-4-10-21-30)39(41-40)28-16-5-2-6-17-28/h2-12,14-22,24-26H,13,23H2,1H3. The minimum absolute atomic E-state index is 0.935. The Kier molecular flexibility index (Phi) is 5.51. The molecule has 4 heteroatoms. The summed E-state index contributed by atoms with van der Waals surface area (Å²) in [6, 6.07) is 45.4. The van der Waals surface area contributed by atoms with Crippen LogP contribution in [0.4, 0.5) is 0 Å².